The average molecular weight is 387 g/mol. The van der Waals surface area contributed by atoms with Crippen molar-refractivity contribution < 1.29 is 24.6 Å². The van der Waals surface area contributed by atoms with E-state index in [1.54, 1.807) is 43.1 Å². The molecule has 1 amide bonds. The van der Waals surface area contributed by atoms with Crippen molar-refractivity contribution in [3.8, 4) is 0 Å². The predicted octanol–water partition coefficient (Wildman–Crippen LogP) is 2.68. The van der Waals surface area contributed by atoms with Crippen LogP contribution in [-0.2, 0) is 14.4 Å². The molecule has 1 saturated heterocycles. The van der Waals surface area contributed by atoms with E-state index in [0.717, 1.165) is 10.9 Å². The zero-order chi connectivity index (χ0) is 20.4. The predicted molar refractivity (Wildman–Crippen MR) is 104 cm³/mol. The Morgan fingerprint density at radius 1 is 1.25 bits per heavy atom. The summed E-state index contributed by atoms with van der Waals surface area (Å²) in [6.45, 7) is 4.36. The molecule has 1 aromatic heterocycles. The number of carboxylic acids is 2. The lowest BCUT2D eigenvalue weighted by Gasteiger charge is -2.34. The summed E-state index contributed by atoms with van der Waals surface area (Å²) in [5, 5.41) is 22.7. The number of amides is 1. The van der Waals surface area contributed by atoms with Crippen LogP contribution in [0.5, 0.6) is 0 Å². The highest BCUT2D eigenvalue weighted by Gasteiger charge is 2.35. The maximum absolute atomic E-state index is 12.0. The van der Waals surface area contributed by atoms with Crippen LogP contribution >= 0.6 is 0 Å². The van der Waals surface area contributed by atoms with Crippen molar-refractivity contribution in [3.63, 3.8) is 0 Å². The number of hydrogen-bond acceptors (Lipinski definition) is 4. The smallest absolute Gasteiger partial charge is 0.325 e. The minimum atomic E-state index is -1.01. The number of carbonyl (C=O) groups excluding carboxylic acids is 1. The van der Waals surface area contributed by atoms with Crippen molar-refractivity contribution in [1.29, 1.82) is 0 Å². The van der Waals surface area contributed by atoms with E-state index in [9.17, 15) is 24.6 Å². The van der Waals surface area contributed by atoms with E-state index in [4.69, 9.17) is 0 Å². The number of aromatic amines is 1. The van der Waals surface area contributed by atoms with Gasteiger partial charge >= 0.3 is 11.9 Å². The topological polar surface area (TPSA) is 123 Å². The molecule has 2 aromatic rings. The first-order valence-electron chi connectivity index (χ1n) is 9.39. The number of anilines is 1. The van der Waals surface area contributed by atoms with Crippen molar-refractivity contribution in [3.05, 3.63) is 30.0 Å². The highest BCUT2D eigenvalue weighted by molar-refractivity contribution is 5.96. The van der Waals surface area contributed by atoms with Gasteiger partial charge in [-0.3, -0.25) is 19.3 Å². The number of aliphatic carboxylic acids is 2. The van der Waals surface area contributed by atoms with Gasteiger partial charge in [0.2, 0.25) is 5.91 Å². The molecule has 8 nitrogen and oxygen atoms in total. The fraction of sp³-hybridized carbons (Fsp3) is 0.450. The van der Waals surface area contributed by atoms with E-state index in [1.807, 2.05) is 0 Å². The second-order valence-corrected chi connectivity index (χ2v) is 7.56. The van der Waals surface area contributed by atoms with E-state index in [1.165, 1.54) is 0 Å². The summed E-state index contributed by atoms with van der Waals surface area (Å²) in [4.78, 5) is 40.1. The quantitative estimate of drug-likeness (QED) is 0.604. The number of H-pyrrole nitrogens is 1. The van der Waals surface area contributed by atoms with Crippen LogP contribution in [0.15, 0.2) is 24.4 Å². The van der Waals surface area contributed by atoms with Crippen molar-refractivity contribution in [2.24, 2.45) is 11.8 Å². The normalized spacial score (nSPS) is 18.9. The van der Waals surface area contributed by atoms with Gasteiger partial charge in [-0.1, -0.05) is 19.9 Å². The number of rotatable bonds is 6. The van der Waals surface area contributed by atoms with Gasteiger partial charge in [0.1, 0.15) is 6.04 Å². The number of nitrogens with zero attached hydrogens (tertiary/aromatic N) is 1. The van der Waals surface area contributed by atoms with Crippen LogP contribution in [-0.4, -0.2) is 51.0 Å². The summed E-state index contributed by atoms with van der Waals surface area (Å²) in [5.74, 6) is -2.70. The lowest BCUT2D eigenvalue weighted by Crippen LogP contribution is -2.43. The standard InChI is InChI=1S/C20H25N3O5/c1-11(2)18(24)22-13-5-6-14-15(9-21-16(14)8-13)17(20(27)28)23-7-3-4-12(10-23)19(25)26/h5-6,8-9,11-12,17,21H,3-4,7,10H2,1-2H3,(H,22,24)(H,25,26)(H,27,28)/t12-,17-/m0/s1. The van der Waals surface area contributed by atoms with Crippen LogP contribution in [0.3, 0.4) is 0 Å². The molecule has 150 valence electrons. The van der Waals surface area contributed by atoms with Gasteiger partial charge in [0, 0.05) is 40.8 Å². The Kier molecular flexibility index (Phi) is 5.69. The number of nitrogens with one attached hydrogen (secondary N) is 2. The number of aromatic nitrogens is 1. The number of fused-ring (bicyclic) bond motifs is 1. The molecule has 2 atom stereocenters. The molecule has 1 aromatic carbocycles. The minimum absolute atomic E-state index is 0.0948. The monoisotopic (exact) mass is 387 g/mol. The highest BCUT2D eigenvalue weighted by Crippen LogP contribution is 2.33. The zero-order valence-corrected chi connectivity index (χ0v) is 15.9. The first-order chi connectivity index (χ1) is 13.3. The molecule has 0 unspecified atom stereocenters. The Hall–Kier alpha value is -2.87. The molecule has 1 fully saturated rings. The number of hydrogen-bond donors (Lipinski definition) is 4. The van der Waals surface area contributed by atoms with Gasteiger partial charge in [-0.25, -0.2) is 0 Å². The largest absolute Gasteiger partial charge is 0.481 e. The Morgan fingerprint density at radius 2 is 2.00 bits per heavy atom. The van der Waals surface area contributed by atoms with E-state index >= 15 is 0 Å². The summed E-state index contributed by atoms with van der Waals surface area (Å²) in [5.41, 5.74) is 1.94. The fourth-order valence-electron chi connectivity index (χ4n) is 3.67. The molecule has 28 heavy (non-hydrogen) atoms. The number of benzene rings is 1. The fourth-order valence-corrected chi connectivity index (χ4v) is 3.67. The second kappa shape index (κ2) is 8.02. The van der Waals surface area contributed by atoms with E-state index in [2.05, 4.69) is 10.3 Å². The van der Waals surface area contributed by atoms with Crippen molar-refractivity contribution in [1.82, 2.24) is 9.88 Å². The number of likely N-dealkylation sites (tertiary alicyclic amines) is 1. The van der Waals surface area contributed by atoms with Gasteiger partial charge in [0.25, 0.3) is 0 Å². The lowest BCUT2D eigenvalue weighted by molar-refractivity contribution is -0.149. The third-order valence-corrected chi connectivity index (χ3v) is 5.20. The van der Waals surface area contributed by atoms with Crippen LogP contribution in [0.25, 0.3) is 10.9 Å². The van der Waals surface area contributed by atoms with Crippen molar-refractivity contribution >= 4 is 34.4 Å². The molecule has 0 bridgehead atoms. The Labute approximate surface area is 162 Å². The van der Waals surface area contributed by atoms with Gasteiger partial charge in [-0.2, -0.15) is 0 Å². The molecule has 0 saturated carbocycles. The molecule has 2 heterocycles. The number of carbonyl (C=O) groups is 3. The summed E-state index contributed by atoms with van der Waals surface area (Å²) >= 11 is 0. The molecule has 0 aliphatic carbocycles. The summed E-state index contributed by atoms with van der Waals surface area (Å²) in [7, 11) is 0. The third-order valence-electron chi connectivity index (χ3n) is 5.20. The maximum Gasteiger partial charge on any atom is 0.325 e. The second-order valence-electron chi connectivity index (χ2n) is 7.56. The van der Waals surface area contributed by atoms with Gasteiger partial charge in [0.15, 0.2) is 0 Å². The molecular weight excluding hydrogens is 362 g/mol. The summed E-state index contributed by atoms with van der Waals surface area (Å²) in [6.07, 6.45) is 2.86. The Balaban J connectivity index is 1.90. The summed E-state index contributed by atoms with van der Waals surface area (Å²) < 4.78 is 0. The van der Waals surface area contributed by atoms with E-state index < -0.39 is 23.9 Å². The Bertz CT molecular complexity index is 904. The highest BCUT2D eigenvalue weighted by atomic mass is 16.4. The molecule has 3 rings (SSSR count). The van der Waals surface area contributed by atoms with Crippen LogP contribution in [0.2, 0.25) is 0 Å². The molecule has 0 spiro atoms. The zero-order valence-electron chi connectivity index (χ0n) is 15.9. The maximum atomic E-state index is 12.0. The minimum Gasteiger partial charge on any atom is -0.481 e. The Morgan fingerprint density at radius 3 is 2.64 bits per heavy atom. The molecule has 1 aliphatic heterocycles. The van der Waals surface area contributed by atoms with E-state index in [0.29, 0.717) is 30.6 Å². The molecule has 1 aliphatic rings. The number of piperidine rings is 1. The lowest BCUT2D eigenvalue weighted by atomic mass is 9.94. The van der Waals surface area contributed by atoms with Crippen LogP contribution in [0.4, 0.5) is 5.69 Å². The summed E-state index contributed by atoms with van der Waals surface area (Å²) in [6, 6.07) is 4.38. The first-order valence-corrected chi connectivity index (χ1v) is 9.39. The molecule has 8 heteroatoms. The van der Waals surface area contributed by atoms with Crippen LogP contribution in [0, 0.1) is 11.8 Å². The van der Waals surface area contributed by atoms with Crippen molar-refractivity contribution in [2.75, 3.05) is 18.4 Å². The van der Waals surface area contributed by atoms with Crippen molar-refractivity contribution in [2.45, 2.75) is 32.7 Å². The van der Waals surface area contributed by atoms with Crippen LogP contribution in [0.1, 0.15) is 38.3 Å². The molecule has 0 radical (unpaired) electrons. The van der Waals surface area contributed by atoms with Crippen LogP contribution < -0.4 is 5.32 Å². The molecular formula is C20H25N3O5. The van der Waals surface area contributed by atoms with Gasteiger partial charge in [0.05, 0.1) is 5.92 Å². The molecule has 4 N–H and O–H groups in total. The number of carboxylic acid groups (broad SMARTS) is 2. The SMILES string of the molecule is CC(C)C(=O)Nc1ccc2c([C@@H](C(=O)O)N3CCC[C@H](C(=O)O)C3)c[nH]c2c1. The third kappa shape index (κ3) is 4.01. The first kappa shape index (κ1) is 19.9. The average Bonchev–Trinajstić information content (AvgIpc) is 3.04. The van der Waals surface area contributed by atoms with Gasteiger partial charge in [-0.05, 0) is 31.5 Å². The van der Waals surface area contributed by atoms with E-state index in [-0.39, 0.29) is 18.4 Å². The van der Waals surface area contributed by atoms with Gasteiger partial charge in [-0.15, -0.1) is 0 Å². The van der Waals surface area contributed by atoms with Gasteiger partial charge < -0.3 is 20.5 Å².